The number of anilines is 1. The summed E-state index contributed by atoms with van der Waals surface area (Å²) in [5.41, 5.74) is 1.81. The number of hydrogen-bond donors (Lipinski definition) is 1. The van der Waals surface area contributed by atoms with Crippen LogP contribution in [0.15, 0.2) is 47.4 Å². The van der Waals surface area contributed by atoms with Crippen LogP contribution in [0.1, 0.15) is 24.4 Å². The summed E-state index contributed by atoms with van der Waals surface area (Å²) in [7, 11) is -3.76. The van der Waals surface area contributed by atoms with Gasteiger partial charge in [0.1, 0.15) is 0 Å². The number of sulfonamides is 1. The molecule has 1 aromatic heterocycles. The number of rotatable bonds is 5. The molecule has 0 radical (unpaired) electrons. The van der Waals surface area contributed by atoms with Crippen LogP contribution in [0.3, 0.4) is 0 Å². The van der Waals surface area contributed by atoms with E-state index < -0.39 is 10.0 Å². The summed E-state index contributed by atoms with van der Waals surface area (Å²) in [5, 5.41) is 12.2. The smallest absolute Gasteiger partial charge is 0.262 e. The van der Waals surface area contributed by atoms with Crippen molar-refractivity contribution in [2.24, 2.45) is 0 Å². The van der Waals surface area contributed by atoms with Gasteiger partial charge >= 0.3 is 0 Å². The van der Waals surface area contributed by atoms with Crippen LogP contribution in [0.25, 0.3) is 11.4 Å². The van der Waals surface area contributed by atoms with Crippen LogP contribution < -0.4 is 4.72 Å². The lowest BCUT2D eigenvalue weighted by Gasteiger charge is -2.12. The summed E-state index contributed by atoms with van der Waals surface area (Å²) in [5.74, 6) is 0.632. The number of aromatic nitrogens is 4. The number of aryl methyl sites for hydroxylation is 1. The maximum atomic E-state index is 12.7. The Balaban J connectivity index is 1.67. The van der Waals surface area contributed by atoms with E-state index in [1.807, 2.05) is 6.07 Å². The molecule has 7 nitrogen and oxygen atoms in total. The summed E-state index contributed by atoms with van der Waals surface area (Å²) in [4.78, 5) is 0.151. The summed E-state index contributed by atoms with van der Waals surface area (Å²) < 4.78 is 29.9. The molecule has 26 heavy (non-hydrogen) atoms. The molecule has 0 bridgehead atoms. The molecule has 4 rings (SSSR count). The average Bonchev–Trinajstić information content (AvgIpc) is 3.33. The molecule has 2 aromatic carbocycles. The van der Waals surface area contributed by atoms with Crippen molar-refractivity contribution in [3.63, 3.8) is 0 Å². The van der Waals surface area contributed by atoms with Crippen LogP contribution in [0.5, 0.6) is 0 Å². The number of nitrogens with one attached hydrogen (secondary N) is 1. The second-order valence-corrected chi connectivity index (χ2v) is 8.36. The third kappa shape index (κ3) is 3.30. The second-order valence-electron chi connectivity index (χ2n) is 6.27. The molecular formula is C17H16ClN5O2S. The van der Waals surface area contributed by atoms with Gasteiger partial charge in [-0.1, -0.05) is 29.8 Å². The van der Waals surface area contributed by atoms with Crippen molar-refractivity contribution < 1.29 is 8.42 Å². The molecule has 1 N–H and O–H groups in total. The fraction of sp³-hybridized carbons (Fsp3) is 0.235. The van der Waals surface area contributed by atoms with Gasteiger partial charge in [-0.15, -0.1) is 5.10 Å². The van der Waals surface area contributed by atoms with Gasteiger partial charge in [-0.3, -0.25) is 4.72 Å². The Kier molecular flexibility index (Phi) is 4.16. The van der Waals surface area contributed by atoms with Gasteiger partial charge in [0.25, 0.3) is 10.0 Å². The van der Waals surface area contributed by atoms with Gasteiger partial charge in [-0.05, 0) is 60.0 Å². The van der Waals surface area contributed by atoms with Crippen LogP contribution in [0.4, 0.5) is 5.69 Å². The highest BCUT2D eigenvalue weighted by Gasteiger charge is 2.28. The summed E-state index contributed by atoms with van der Waals surface area (Å²) in [6.07, 6.45) is 2.11. The van der Waals surface area contributed by atoms with Crippen molar-refractivity contribution in [3.05, 3.63) is 53.1 Å². The first-order valence-corrected chi connectivity index (χ1v) is 9.97. The number of halogens is 1. The van der Waals surface area contributed by atoms with Crippen molar-refractivity contribution in [3.8, 4) is 11.4 Å². The normalized spacial score (nSPS) is 14.4. The van der Waals surface area contributed by atoms with Crippen molar-refractivity contribution in [2.45, 2.75) is 30.7 Å². The van der Waals surface area contributed by atoms with E-state index in [4.69, 9.17) is 11.6 Å². The van der Waals surface area contributed by atoms with Gasteiger partial charge in [0.2, 0.25) is 0 Å². The van der Waals surface area contributed by atoms with E-state index in [-0.39, 0.29) is 4.90 Å². The molecule has 1 aliphatic rings. The van der Waals surface area contributed by atoms with Gasteiger partial charge in [0.15, 0.2) is 5.82 Å². The minimum Gasteiger partial charge on any atom is -0.280 e. The maximum Gasteiger partial charge on any atom is 0.262 e. The first-order chi connectivity index (χ1) is 12.4. The highest BCUT2D eigenvalue weighted by atomic mass is 35.5. The fourth-order valence-electron chi connectivity index (χ4n) is 2.74. The van der Waals surface area contributed by atoms with Crippen molar-refractivity contribution >= 4 is 27.3 Å². The Labute approximate surface area is 156 Å². The lowest BCUT2D eigenvalue weighted by molar-refractivity contribution is 0.600. The number of benzene rings is 2. The Morgan fingerprint density at radius 2 is 2.00 bits per heavy atom. The predicted molar refractivity (Wildman–Crippen MR) is 98.5 cm³/mol. The lowest BCUT2D eigenvalue weighted by atomic mass is 10.2. The third-order valence-corrected chi connectivity index (χ3v) is 5.96. The summed E-state index contributed by atoms with van der Waals surface area (Å²) >= 11 is 5.95. The van der Waals surface area contributed by atoms with Crippen LogP contribution in [-0.4, -0.2) is 28.6 Å². The molecule has 0 saturated heterocycles. The Morgan fingerprint density at radius 3 is 2.77 bits per heavy atom. The SMILES string of the molecule is Cc1ccc(Cl)cc1S(=O)(=O)Nc1cccc(-c2nnnn2C2CC2)c1. The van der Waals surface area contributed by atoms with Crippen molar-refractivity contribution in [1.82, 2.24) is 20.2 Å². The standard InChI is InChI=1S/C17H16ClN5O2S/c1-11-5-6-13(18)10-16(11)26(24,25)20-14-4-2-3-12(9-14)17-19-21-22-23(17)15-7-8-15/h2-6,9-10,15,20H,7-8H2,1H3. The average molecular weight is 390 g/mol. The molecule has 1 saturated carbocycles. The summed E-state index contributed by atoms with van der Waals surface area (Å²) in [6.45, 7) is 1.73. The van der Waals surface area contributed by atoms with Crippen molar-refractivity contribution in [1.29, 1.82) is 0 Å². The summed E-state index contributed by atoms with van der Waals surface area (Å²) in [6, 6.07) is 12.1. The second kappa shape index (κ2) is 6.37. The molecule has 0 atom stereocenters. The number of nitrogens with zero attached hydrogens (tertiary/aromatic N) is 4. The third-order valence-electron chi connectivity index (χ3n) is 4.20. The Hall–Kier alpha value is -2.45. The highest BCUT2D eigenvalue weighted by Crippen LogP contribution is 2.37. The molecular weight excluding hydrogens is 374 g/mol. The molecule has 1 aliphatic carbocycles. The van der Waals surface area contributed by atoms with Crippen LogP contribution in [0.2, 0.25) is 5.02 Å². The van der Waals surface area contributed by atoms with E-state index in [1.54, 1.807) is 41.9 Å². The zero-order chi connectivity index (χ0) is 18.3. The largest absolute Gasteiger partial charge is 0.280 e. The van der Waals surface area contributed by atoms with E-state index in [2.05, 4.69) is 20.2 Å². The lowest BCUT2D eigenvalue weighted by Crippen LogP contribution is -2.14. The van der Waals surface area contributed by atoms with E-state index >= 15 is 0 Å². The minimum absolute atomic E-state index is 0.151. The predicted octanol–water partition coefficient (Wildman–Crippen LogP) is 3.44. The van der Waals surface area contributed by atoms with Crippen molar-refractivity contribution in [2.75, 3.05) is 4.72 Å². The topological polar surface area (TPSA) is 89.8 Å². The molecule has 0 amide bonds. The first-order valence-electron chi connectivity index (χ1n) is 8.11. The quantitative estimate of drug-likeness (QED) is 0.721. The minimum atomic E-state index is -3.76. The Bertz CT molecular complexity index is 1080. The van der Waals surface area contributed by atoms with Crippen LogP contribution >= 0.6 is 11.6 Å². The zero-order valence-corrected chi connectivity index (χ0v) is 15.5. The van der Waals surface area contributed by atoms with E-state index in [0.717, 1.165) is 18.4 Å². The molecule has 1 fully saturated rings. The number of tetrazole rings is 1. The number of hydrogen-bond acceptors (Lipinski definition) is 5. The maximum absolute atomic E-state index is 12.7. The van der Waals surface area contributed by atoms with Gasteiger partial charge in [-0.25, -0.2) is 13.1 Å². The van der Waals surface area contributed by atoms with Gasteiger partial charge in [0.05, 0.1) is 10.9 Å². The van der Waals surface area contributed by atoms with Gasteiger partial charge in [-0.2, -0.15) is 0 Å². The van der Waals surface area contributed by atoms with E-state index in [0.29, 0.717) is 28.1 Å². The fourth-order valence-corrected chi connectivity index (χ4v) is 4.30. The van der Waals surface area contributed by atoms with Crippen LogP contribution in [-0.2, 0) is 10.0 Å². The molecule has 3 aromatic rings. The monoisotopic (exact) mass is 389 g/mol. The van der Waals surface area contributed by atoms with Gasteiger partial charge < -0.3 is 0 Å². The molecule has 9 heteroatoms. The molecule has 0 spiro atoms. The first kappa shape index (κ1) is 17.0. The molecule has 0 unspecified atom stereocenters. The highest BCUT2D eigenvalue weighted by molar-refractivity contribution is 7.92. The molecule has 1 heterocycles. The van der Waals surface area contributed by atoms with Crippen LogP contribution in [0, 0.1) is 6.92 Å². The van der Waals surface area contributed by atoms with Gasteiger partial charge in [0, 0.05) is 16.3 Å². The van der Waals surface area contributed by atoms with E-state index in [1.165, 1.54) is 6.07 Å². The Morgan fingerprint density at radius 1 is 1.19 bits per heavy atom. The zero-order valence-electron chi connectivity index (χ0n) is 13.9. The molecule has 0 aliphatic heterocycles. The van der Waals surface area contributed by atoms with E-state index in [9.17, 15) is 8.42 Å². The molecule has 134 valence electrons.